The van der Waals surface area contributed by atoms with Gasteiger partial charge in [0.05, 0.1) is 5.71 Å². The summed E-state index contributed by atoms with van der Waals surface area (Å²) < 4.78 is 0. The third-order valence-corrected chi connectivity index (χ3v) is 6.96. The molecule has 1 amide bonds. The lowest BCUT2D eigenvalue weighted by atomic mass is 9.86. The third-order valence-electron chi connectivity index (χ3n) is 6.96. The van der Waals surface area contributed by atoms with Crippen LogP contribution in [-0.2, 0) is 4.79 Å². The molecule has 0 unspecified atom stereocenters. The van der Waals surface area contributed by atoms with Crippen molar-refractivity contribution in [2.75, 3.05) is 30.4 Å². The molecule has 1 aromatic heterocycles. The molecular weight excluding hydrogens is 446 g/mol. The molecule has 2 heterocycles. The maximum atomic E-state index is 11.9. The molecule has 6 nitrogen and oxygen atoms in total. The highest BCUT2D eigenvalue weighted by Crippen LogP contribution is 2.33. The van der Waals surface area contributed by atoms with Crippen LogP contribution in [-0.4, -0.2) is 41.1 Å². The SMILES string of the molecule is CCC(=O)Nc1cccc(C2CCN(CCC/C(=N\Nc3ccccn3)c3ccccc3)CC2)c1C. The Hall–Kier alpha value is -3.51. The van der Waals surface area contributed by atoms with Crippen molar-refractivity contribution >= 4 is 23.1 Å². The van der Waals surface area contributed by atoms with E-state index in [0.717, 1.165) is 68.1 Å². The molecule has 1 fully saturated rings. The van der Waals surface area contributed by atoms with E-state index >= 15 is 0 Å². The van der Waals surface area contributed by atoms with E-state index in [1.807, 2.05) is 37.3 Å². The van der Waals surface area contributed by atoms with Crippen molar-refractivity contribution in [3.05, 3.63) is 89.6 Å². The van der Waals surface area contributed by atoms with Gasteiger partial charge in [0.25, 0.3) is 0 Å². The van der Waals surface area contributed by atoms with E-state index in [9.17, 15) is 4.79 Å². The molecule has 3 aromatic rings. The number of hydrogen-bond acceptors (Lipinski definition) is 5. The Labute approximate surface area is 214 Å². The molecule has 0 aliphatic carbocycles. The zero-order valence-corrected chi connectivity index (χ0v) is 21.4. The lowest BCUT2D eigenvalue weighted by Gasteiger charge is -2.33. The lowest BCUT2D eigenvalue weighted by Crippen LogP contribution is -2.34. The van der Waals surface area contributed by atoms with Crippen LogP contribution in [0.15, 0.2) is 78.0 Å². The van der Waals surface area contributed by atoms with Gasteiger partial charge in [0.15, 0.2) is 0 Å². The highest BCUT2D eigenvalue weighted by Gasteiger charge is 2.22. The van der Waals surface area contributed by atoms with Crippen molar-refractivity contribution in [1.82, 2.24) is 9.88 Å². The molecule has 2 N–H and O–H groups in total. The first-order chi connectivity index (χ1) is 17.6. The Kier molecular flexibility index (Phi) is 9.22. The summed E-state index contributed by atoms with van der Waals surface area (Å²) in [7, 11) is 0. The van der Waals surface area contributed by atoms with Gasteiger partial charge < -0.3 is 10.2 Å². The predicted octanol–water partition coefficient (Wildman–Crippen LogP) is 6.21. The van der Waals surface area contributed by atoms with Gasteiger partial charge in [0.1, 0.15) is 5.82 Å². The first-order valence-electron chi connectivity index (χ1n) is 13.0. The van der Waals surface area contributed by atoms with Crippen LogP contribution in [0, 0.1) is 6.92 Å². The fraction of sp³-hybridized carbons (Fsp3) is 0.367. The number of hydrazone groups is 1. The van der Waals surface area contributed by atoms with Crippen molar-refractivity contribution in [3.63, 3.8) is 0 Å². The monoisotopic (exact) mass is 483 g/mol. The van der Waals surface area contributed by atoms with Crippen LogP contribution < -0.4 is 10.7 Å². The second-order valence-corrected chi connectivity index (χ2v) is 9.39. The maximum Gasteiger partial charge on any atom is 0.224 e. The quantitative estimate of drug-likeness (QED) is 0.265. The number of piperidine rings is 1. The summed E-state index contributed by atoms with van der Waals surface area (Å²) in [6, 6.07) is 22.5. The number of aromatic nitrogens is 1. The first-order valence-corrected chi connectivity index (χ1v) is 13.0. The van der Waals surface area contributed by atoms with Crippen LogP contribution >= 0.6 is 0 Å². The van der Waals surface area contributed by atoms with Gasteiger partial charge in [-0.05, 0) is 93.0 Å². The fourth-order valence-corrected chi connectivity index (χ4v) is 4.86. The molecule has 0 bridgehead atoms. The number of hydrogen-bond donors (Lipinski definition) is 2. The number of carbonyl (C=O) groups excluding carboxylic acids is 1. The molecule has 6 heteroatoms. The summed E-state index contributed by atoms with van der Waals surface area (Å²) >= 11 is 0. The number of nitrogens with zero attached hydrogens (tertiary/aromatic N) is 3. The molecule has 4 rings (SSSR count). The molecule has 0 radical (unpaired) electrons. The third kappa shape index (κ3) is 7.01. The van der Waals surface area contributed by atoms with E-state index in [-0.39, 0.29) is 5.91 Å². The summed E-state index contributed by atoms with van der Waals surface area (Å²) in [6.07, 6.45) is 6.52. The second kappa shape index (κ2) is 13.0. The average Bonchev–Trinajstić information content (AvgIpc) is 2.93. The number of benzene rings is 2. The van der Waals surface area contributed by atoms with Crippen LogP contribution in [0.2, 0.25) is 0 Å². The Bertz CT molecular complexity index is 1140. The summed E-state index contributed by atoms with van der Waals surface area (Å²) in [6.45, 7) is 7.28. The molecule has 1 saturated heterocycles. The van der Waals surface area contributed by atoms with Crippen LogP contribution in [0.25, 0.3) is 0 Å². The number of nitrogens with one attached hydrogen (secondary N) is 2. The number of anilines is 2. The van der Waals surface area contributed by atoms with Gasteiger partial charge in [-0.1, -0.05) is 55.5 Å². The highest BCUT2D eigenvalue weighted by atomic mass is 16.1. The number of rotatable bonds is 10. The van der Waals surface area contributed by atoms with Gasteiger partial charge in [-0.2, -0.15) is 5.10 Å². The Morgan fingerprint density at radius 3 is 2.53 bits per heavy atom. The van der Waals surface area contributed by atoms with Gasteiger partial charge in [0.2, 0.25) is 5.91 Å². The molecule has 0 spiro atoms. The number of carbonyl (C=O) groups is 1. The van der Waals surface area contributed by atoms with E-state index in [0.29, 0.717) is 12.3 Å². The first kappa shape index (κ1) is 25.6. The summed E-state index contributed by atoms with van der Waals surface area (Å²) in [5.74, 6) is 1.36. The van der Waals surface area contributed by atoms with Gasteiger partial charge in [-0.25, -0.2) is 4.98 Å². The molecule has 1 aliphatic rings. The molecule has 36 heavy (non-hydrogen) atoms. The van der Waals surface area contributed by atoms with Gasteiger partial charge in [0, 0.05) is 18.3 Å². The second-order valence-electron chi connectivity index (χ2n) is 9.39. The Morgan fingerprint density at radius 2 is 1.81 bits per heavy atom. The van der Waals surface area contributed by atoms with E-state index in [2.05, 4.69) is 63.9 Å². The number of pyridine rings is 1. The predicted molar refractivity (Wildman–Crippen MR) is 149 cm³/mol. The van der Waals surface area contributed by atoms with Crippen molar-refractivity contribution in [2.24, 2.45) is 5.10 Å². The topological polar surface area (TPSA) is 69.6 Å². The fourth-order valence-electron chi connectivity index (χ4n) is 4.86. The van der Waals surface area contributed by atoms with Crippen LogP contribution in [0.5, 0.6) is 0 Å². The van der Waals surface area contributed by atoms with E-state index in [1.54, 1.807) is 6.20 Å². The summed E-state index contributed by atoms with van der Waals surface area (Å²) in [5.41, 5.74) is 8.86. The standard InChI is InChI=1S/C30H37N5O/c1-3-30(36)32-27-14-9-13-26(23(27)2)24-17-21-35(22-18-24)20-10-15-28(25-11-5-4-6-12-25)33-34-29-16-7-8-19-31-29/h4-9,11-14,16,19,24H,3,10,15,17-18,20-22H2,1-2H3,(H,31,34)(H,32,36)/b33-28+. The van der Waals surface area contributed by atoms with E-state index < -0.39 is 0 Å². The maximum absolute atomic E-state index is 11.9. The molecular formula is C30H37N5O. The summed E-state index contributed by atoms with van der Waals surface area (Å²) in [4.78, 5) is 18.8. The molecule has 2 aromatic carbocycles. The normalized spacial score (nSPS) is 15.0. The summed E-state index contributed by atoms with van der Waals surface area (Å²) in [5, 5.41) is 7.75. The molecule has 1 aliphatic heterocycles. The zero-order valence-electron chi connectivity index (χ0n) is 21.4. The van der Waals surface area contributed by atoms with E-state index in [4.69, 9.17) is 5.10 Å². The molecule has 188 valence electrons. The molecule has 0 atom stereocenters. The van der Waals surface area contributed by atoms with E-state index in [1.165, 1.54) is 11.1 Å². The van der Waals surface area contributed by atoms with Gasteiger partial charge >= 0.3 is 0 Å². The highest BCUT2D eigenvalue weighted by molar-refractivity contribution is 6.00. The largest absolute Gasteiger partial charge is 0.326 e. The number of likely N-dealkylation sites (tertiary alicyclic amines) is 1. The smallest absolute Gasteiger partial charge is 0.224 e. The van der Waals surface area contributed by atoms with Crippen LogP contribution in [0.1, 0.15) is 61.6 Å². The van der Waals surface area contributed by atoms with Crippen molar-refractivity contribution in [1.29, 1.82) is 0 Å². The van der Waals surface area contributed by atoms with Crippen LogP contribution in [0.3, 0.4) is 0 Å². The van der Waals surface area contributed by atoms with Gasteiger partial charge in [-0.3, -0.25) is 10.2 Å². The Morgan fingerprint density at radius 1 is 1.03 bits per heavy atom. The van der Waals surface area contributed by atoms with Gasteiger partial charge in [-0.15, -0.1) is 0 Å². The minimum Gasteiger partial charge on any atom is -0.326 e. The Balaban J connectivity index is 1.30. The minimum atomic E-state index is 0.0683. The van der Waals surface area contributed by atoms with Crippen molar-refractivity contribution in [2.45, 2.75) is 51.9 Å². The zero-order chi connectivity index (χ0) is 25.2. The lowest BCUT2D eigenvalue weighted by molar-refractivity contribution is -0.115. The average molecular weight is 484 g/mol. The van der Waals surface area contributed by atoms with Crippen molar-refractivity contribution < 1.29 is 4.79 Å². The van der Waals surface area contributed by atoms with Crippen LogP contribution in [0.4, 0.5) is 11.5 Å². The number of amides is 1. The minimum absolute atomic E-state index is 0.0683. The van der Waals surface area contributed by atoms with Crippen molar-refractivity contribution in [3.8, 4) is 0 Å². The molecule has 0 saturated carbocycles.